The Balaban J connectivity index is 2.19. The van der Waals surface area contributed by atoms with Crippen molar-refractivity contribution in [3.63, 3.8) is 0 Å². The highest BCUT2D eigenvalue weighted by Gasteiger charge is 2.43. The van der Waals surface area contributed by atoms with E-state index in [0.717, 1.165) is 6.42 Å². The normalized spacial score (nSPS) is 19.1. The van der Waals surface area contributed by atoms with Crippen LogP contribution < -0.4 is 5.73 Å². The maximum absolute atomic E-state index is 9.69. The number of benzene rings is 1. The second-order valence-corrected chi connectivity index (χ2v) is 5.59. The summed E-state index contributed by atoms with van der Waals surface area (Å²) in [6.07, 6.45) is 3.36. The first-order valence-corrected chi connectivity index (χ1v) is 6.48. The van der Waals surface area contributed by atoms with E-state index in [1.165, 1.54) is 29.5 Å². The van der Waals surface area contributed by atoms with Crippen molar-refractivity contribution in [1.29, 1.82) is 0 Å². The molecule has 2 nitrogen and oxygen atoms in total. The third kappa shape index (κ3) is 2.53. The quantitative estimate of drug-likeness (QED) is 0.819. The molecule has 1 aromatic rings. The van der Waals surface area contributed by atoms with E-state index in [9.17, 15) is 5.11 Å². The Bertz CT molecular complexity index is 392. The van der Waals surface area contributed by atoms with E-state index in [1.54, 1.807) is 0 Å². The average Bonchev–Trinajstić information content (AvgIpc) is 3.15. The lowest BCUT2D eigenvalue weighted by atomic mass is 9.77. The van der Waals surface area contributed by atoms with Crippen LogP contribution in [0.4, 0.5) is 0 Å². The number of hydrogen-bond donors (Lipinski definition) is 2. The summed E-state index contributed by atoms with van der Waals surface area (Å²) in [5.74, 6) is 0.624. The van der Waals surface area contributed by atoms with Gasteiger partial charge in [-0.3, -0.25) is 0 Å². The Kier molecular flexibility index (Phi) is 3.55. The summed E-state index contributed by atoms with van der Waals surface area (Å²) < 4.78 is 0. The van der Waals surface area contributed by atoms with Gasteiger partial charge < -0.3 is 10.8 Å². The Labute approximate surface area is 104 Å². The van der Waals surface area contributed by atoms with Gasteiger partial charge in [-0.05, 0) is 55.7 Å². The molecule has 1 aliphatic carbocycles. The fraction of sp³-hybridized carbons (Fsp3) is 0.600. The van der Waals surface area contributed by atoms with Crippen molar-refractivity contribution < 1.29 is 5.11 Å². The predicted molar refractivity (Wildman–Crippen MR) is 70.9 cm³/mol. The van der Waals surface area contributed by atoms with Gasteiger partial charge in [0.25, 0.3) is 0 Å². The first-order valence-electron chi connectivity index (χ1n) is 6.48. The highest BCUT2D eigenvalue weighted by Crippen LogP contribution is 2.46. The zero-order valence-corrected chi connectivity index (χ0v) is 10.9. The van der Waals surface area contributed by atoms with Crippen LogP contribution in [0.2, 0.25) is 0 Å². The zero-order chi connectivity index (χ0) is 12.5. The second-order valence-electron chi connectivity index (χ2n) is 5.59. The molecule has 1 saturated carbocycles. The molecule has 2 rings (SSSR count). The summed E-state index contributed by atoms with van der Waals surface area (Å²) in [6, 6.07) is 6.57. The van der Waals surface area contributed by atoms with Crippen molar-refractivity contribution in [2.75, 3.05) is 13.2 Å². The predicted octanol–water partition coefficient (Wildman–Crippen LogP) is 2.19. The number of aliphatic hydroxyl groups excluding tert-OH is 1. The highest BCUT2D eigenvalue weighted by molar-refractivity contribution is 5.31. The molecular formula is C15H23NO. The van der Waals surface area contributed by atoms with Gasteiger partial charge in [-0.15, -0.1) is 0 Å². The molecule has 1 unspecified atom stereocenters. The van der Waals surface area contributed by atoms with E-state index in [1.807, 2.05) is 0 Å². The van der Waals surface area contributed by atoms with E-state index in [2.05, 4.69) is 32.0 Å². The Hall–Kier alpha value is -0.860. The van der Waals surface area contributed by atoms with Crippen LogP contribution in [0.25, 0.3) is 0 Å². The maximum atomic E-state index is 9.69. The molecular weight excluding hydrogens is 210 g/mol. The van der Waals surface area contributed by atoms with Gasteiger partial charge >= 0.3 is 0 Å². The number of aryl methyl sites for hydroxylation is 2. The fourth-order valence-electron chi connectivity index (χ4n) is 2.65. The Morgan fingerprint density at radius 1 is 1.29 bits per heavy atom. The lowest BCUT2D eigenvalue weighted by Gasteiger charge is -2.31. The van der Waals surface area contributed by atoms with Crippen LogP contribution in [0, 0.1) is 25.2 Å². The standard InChI is InChI=1S/C15H23NO/c1-11-3-4-13(7-12(11)2)8-15(9-16,10-17)14-5-6-14/h3-4,7,14,17H,5-6,8-10,16H2,1-2H3. The van der Waals surface area contributed by atoms with Gasteiger partial charge in [0.2, 0.25) is 0 Å². The van der Waals surface area contributed by atoms with Gasteiger partial charge in [0.15, 0.2) is 0 Å². The lowest BCUT2D eigenvalue weighted by molar-refractivity contribution is 0.109. The first-order chi connectivity index (χ1) is 8.11. The molecule has 94 valence electrons. The van der Waals surface area contributed by atoms with Crippen LogP contribution in [-0.2, 0) is 6.42 Å². The largest absolute Gasteiger partial charge is 0.396 e. The van der Waals surface area contributed by atoms with Gasteiger partial charge in [0.05, 0.1) is 6.61 Å². The molecule has 1 aromatic carbocycles. The van der Waals surface area contributed by atoms with Crippen molar-refractivity contribution in [1.82, 2.24) is 0 Å². The first kappa shape index (κ1) is 12.6. The molecule has 1 aliphatic rings. The molecule has 2 heteroatoms. The molecule has 0 bridgehead atoms. The third-order valence-corrected chi connectivity index (χ3v) is 4.29. The SMILES string of the molecule is Cc1ccc(CC(CN)(CO)C2CC2)cc1C. The molecule has 0 spiro atoms. The number of rotatable bonds is 5. The maximum Gasteiger partial charge on any atom is 0.0505 e. The second kappa shape index (κ2) is 4.79. The van der Waals surface area contributed by atoms with Gasteiger partial charge in [0.1, 0.15) is 0 Å². The van der Waals surface area contributed by atoms with Gasteiger partial charge in [0, 0.05) is 12.0 Å². The molecule has 3 N–H and O–H groups in total. The fourth-order valence-corrected chi connectivity index (χ4v) is 2.65. The molecule has 17 heavy (non-hydrogen) atoms. The van der Waals surface area contributed by atoms with Crippen LogP contribution in [0.1, 0.15) is 29.5 Å². The van der Waals surface area contributed by atoms with Crippen molar-refractivity contribution >= 4 is 0 Å². The van der Waals surface area contributed by atoms with E-state index in [-0.39, 0.29) is 12.0 Å². The summed E-state index contributed by atoms with van der Waals surface area (Å²) in [5, 5.41) is 9.69. The van der Waals surface area contributed by atoms with Crippen molar-refractivity contribution in [3.8, 4) is 0 Å². The molecule has 0 aromatic heterocycles. The topological polar surface area (TPSA) is 46.2 Å². The third-order valence-electron chi connectivity index (χ3n) is 4.29. The van der Waals surface area contributed by atoms with Crippen LogP contribution in [0.3, 0.4) is 0 Å². The smallest absolute Gasteiger partial charge is 0.0505 e. The minimum Gasteiger partial charge on any atom is -0.396 e. The average molecular weight is 233 g/mol. The number of nitrogens with two attached hydrogens (primary N) is 1. The van der Waals surface area contributed by atoms with Gasteiger partial charge in [-0.2, -0.15) is 0 Å². The van der Waals surface area contributed by atoms with Crippen molar-refractivity contribution in [2.24, 2.45) is 17.1 Å². The van der Waals surface area contributed by atoms with Gasteiger partial charge in [-0.25, -0.2) is 0 Å². The monoisotopic (exact) mass is 233 g/mol. The van der Waals surface area contributed by atoms with E-state index in [4.69, 9.17) is 5.73 Å². The van der Waals surface area contributed by atoms with Crippen LogP contribution in [0.15, 0.2) is 18.2 Å². The molecule has 0 saturated heterocycles. The molecule has 0 aliphatic heterocycles. The Morgan fingerprint density at radius 2 is 2.00 bits per heavy atom. The minimum absolute atomic E-state index is 0.0816. The molecule has 0 amide bonds. The molecule has 1 fully saturated rings. The van der Waals surface area contributed by atoms with Crippen molar-refractivity contribution in [3.05, 3.63) is 34.9 Å². The zero-order valence-electron chi connectivity index (χ0n) is 10.9. The molecule has 1 atom stereocenters. The molecule has 0 radical (unpaired) electrons. The van der Waals surface area contributed by atoms with Crippen LogP contribution in [0.5, 0.6) is 0 Å². The summed E-state index contributed by atoms with van der Waals surface area (Å²) in [6.45, 7) is 5.06. The number of aliphatic hydroxyl groups is 1. The summed E-state index contributed by atoms with van der Waals surface area (Å²) in [4.78, 5) is 0. The van der Waals surface area contributed by atoms with Crippen molar-refractivity contribution in [2.45, 2.75) is 33.1 Å². The summed E-state index contributed by atoms with van der Waals surface area (Å²) in [7, 11) is 0. The highest BCUT2D eigenvalue weighted by atomic mass is 16.3. The summed E-state index contributed by atoms with van der Waals surface area (Å²) >= 11 is 0. The van der Waals surface area contributed by atoms with E-state index in [0.29, 0.717) is 12.5 Å². The van der Waals surface area contributed by atoms with Crippen LogP contribution >= 0.6 is 0 Å². The molecule has 0 heterocycles. The van der Waals surface area contributed by atoms with E-state index < -0.39 is 0 Å². The van der Waals surface area contributed by atoms with Gasteiger partial charge in [-0.1, -0.05) is 18.2 Å². The lowest BCUT2D eigenvalue weighted by Crippen LogP contribution is -2.38. The summed E-state index contributed by atoms with van der Waals surface area (Å²) in [5.41, 5.74) is 9.78. The van der Waals surface area contributed by atoms with E-state index >= 15 is 0 Å². The minimum atomic E-state index is -0.0816. The van der Waals surface area contributed by atoms with Crippen LogP contribution in [-0.4, -0.2) is 18.3 Å². The Morgan fingerprint density at radius 3 is 2.47 bits per heavy atom. The number of hydrogen-bond acceptors (Lipinski definition) is 2.